The Balaban J connectivity index is 0.000000138. The van der Waals surface area contributed by atoms with Crippen LogP contribution in [0, 0.1) is 0 Å². The molecule has 0 radical (unpaired) electrons. The molecule has 0 bridgehead atoms. The molecule has 4 heterocycles. The lowest BCUT2D eigenvalue weighted by Gasteiger charge is -2.45. The third kappa shape index (κ3) is 9.63. The van der Waals surface area contributed by atoms with Gasteiger partial charge in [-0.15, -0.1) is 0 Å². The van der Waals surface area contributed by atoms with Gasteiger partial charge in [0.2, 0.25) is 23.4 Å². The Morgan fingerprint density at radius 2 is 1.07 bits per heavy atom. The molecule has 4 spiro atoms. The van der Waals surface area contributed by atoms with Gasteiger partial charge in [-0.25, -0.2) is 29.8 Å². The first-order valence-electron chi connectivity index (χ1n) is 23.5. The van der Waals surface area contributed by atoms with E-state index in [-0.39, 0.29) is 5.60 Å². The molecule has 4 aliphatic heterocycles. The number of guanidine groups is 2. The first kappa shape index (κ1) is 48.1. The van der Waals surface area contributed by atoms with Crippen molar-refractivity contribution >= 4 is 63.6 Å². The van der Waals surface area contributed by atoms with Gasteiger partial charge in [0.1, 0.15) is 22.7 Å². The number of rotatable bonds is 2. The molecule has 12 rings (SSSR count). The van der Waals surface area contributed by atoms with Crippen LogP contribution in [0.15, 0.2) is 148 Å². The average Bonchev–Trinajstić information content (AvgIpc) is 3.60. The number of halogens is 3. The highest BCUT2D eigenvalue weighted by molar-refractivity contribution is 9.10. The molecule has 6 aromatic rings. The van der Waals surface area contributed by atoms with E-state index in [2.05, 4.69) is 76.6 Å². The van der Waals surface area contributed by atoms with Crippen LogP contribution in [0.2, 0.25) is 10.0 Å². The molecule has 0 saturated heterocycles. The van der Waals surface area contributed by atoms with Crippen molar-refractivity contribution in [2.24, 2.45) is 21.5 Å². The van der Waals surface area contributed by atoms with Gasteiger partial charge in [0, 0.05) is 54.3 Å². The summed E-state index contributed by atoms with van der Waals surface area (Å²) in [6, 6.07) is 43.9. The van der Waals surface area contributed by atoms with E-state index in [1.165, 1.54) is 28.3 Å². The maximum atomic E-state index is 8.65. The smallest absolute Gasteiger partial charge is 0.486 e. The molecule has 6 aliphatic rings. The predicted molar refractivity (Wildman–Crippen MR) is 279 cm³/mol. The lowest BCUT2D eigenvalue weighted by atomic mass is 9.78. The van der Waals surface area contributed by atoms with E-state index < -0.39 is 24.2 Å². The summed E-state index contributed by atoms with van der Waals surface area (Å²) >= 11 is 15.4. The van der Waals surface area contributed by atoms with E-state index in [0.29, 0.717) is 40.3 Å². The highest BCUT2D eigenvalue weighted by Gasteiger charge is 2.56. The third-order valence-corrected chi connectivity index (χ3v) is 15.0. The maximum Gasteiger partial charge on any atom is 0.488 e. The van der Waals surface area contributed by atoms with Gasteiger partial charge in [-0.05, 0) is 132 Å². The van der Waals surface area contributed by atoms with E-state index in [4.69, 9.17) is 73.9 Å². The van der Waals surface area contributed by atoms with Gasteiger partial charge >= 0.3 is 7.12 Å². The molecule has 12 nitrogen and oxygen atoms in total. The van der Waals surface area contributed by atoms with Crippen molar-refractivity contribution in [1.29, 1.82) is 0 Å². The summed E-state index contributed by atoms with van der Waals surface area (Å²) in [5, 5.41) is 21.6. The van der Waals surface area contributed by atoms with Crippen molar-refractivity contribution in [2.45, 2.75) is 86.9 Å². The number of hydroxylamine groups is 4. The summed E-state index contributed by atoms with van der Waals surface area (Å²) < 4.78 is 14.5. The summed E-state index contributed by atoms with van der Waals surface area (Å²) in [5.74, 6) is 2.40. The summed E-state index contributed by atoms with van der Waals surface area (Å²) in [6.45, 7) is 0. The molecule has 6 N–H and O–H groups in total. The maximum absolute atomic E-state index is 8.65. The van der Waals surface area contributed by atoms with Gasteiger partial charge in [0.25, 0.3) is 0 Å². The van der Waals surface area contributed by atoms with Crippen LogP contribution in [0.4, 0.5) is 0 Å². The fourth-order valence-electron chi connectivity index (χ4n) is 10.9. The molecular formula is C54H54BBrCl2N6O6. The molecular weight excluding hydrogens is 990 g/mol. The number of hydrogen-bond donors (Lipinski definition) is 4. The second kappa shape index (κ2) is 19.2. The molecule has 0 saturated carbocycles. The highest BCUT2D eigenvalue weighted by atomic mass is 79.9. The molecule has 4 atom stereocenters. The summed E-state index contributed by atoms with van der Waals surface area (Å²) in [5.41, 5.74) is 19.6. The monoisotopic (exact) mass is 1040 g/mol. The Morgan fingerprint density at radius 3 is 1.56 bits per heavy atom. The molecule has 360 valence electrons. The number of nitrogens with two attached hydrogens (primary N) is 2. The SMILES string of the molecule is CN1OC2(CC3(CCCc4ccccc4C3)Oc3ccc(-c4cccc(Cl)c4)cc32)N=C1N.CN1OC2(CC3(CCCc4ccccc4C3)Oc3ccc(Br)cc32)N=C1N.OB(O)c1cccc(Cl)c1. The van der Waals surface area contributed by atoms with E-state index >= 15 is 0 Å². The highest BCUT2D eigenvalue weighted by Crippen LogP contribution is 2.54. The van der Waals surface area contributed by atoms with Crippen LogP contribution in [0.3, 0.4) is 0 Å². The number of nitrogens with zero attached hydrogens (tertiary/aromatic N) is 4. The molecule has 0 aromatic heterocycles. The molecule has 6 aromatic carbocycles. The van der Waals surface area contributed by atoms with Crippen molar-refractivity contribution < 1.29 is 29.2 Å². The van der Waals surface area contributed by atoms with E-state index in [1.807, 2.05) is 48.5 Å². The number of aliphatic imine (C=N–C) groups is 2. The van der Waals surface area contributed by atoms with Gasteiger partial charge in [-0.2, -0.15) is 0 Å². The largest absolute Gasteiger partial charge is 0.488 e. The van der Waals surface area contributed by atoms with Crippen LogP contribution in [-0.2, 0) is 46.8 Å². The number of hydrogen-bond acceptors (Lipinski definition) is 12. The molecule has 70 heavy (non-hydrogen) atoms. The summed E-state index contributed by atoms with van der Waals surface area (Å²) in [7, 11) is 2.17. The van der Waals surface area contributed by atoms with Crippen LogP contribution in [-0.4, -0.2) is 64.5 Å². The first-order valence-corrected chi connectivity index (χ1v) is 25.1. The Bertz CT molecular complexity index is 3020. The predicted octanol–water partition coefficient (Wildman–Crippen LogP) is 9.37. The van der Waals surface area contributed by atoms with Crippen molar-refractivity contribution in [3.8, 4) is 22.6 Å². The van der Waals surface area contributed by atoms with Crippen LogP contribution >= 0.6 is 39.1 Å². The molecule has 2 aliphatic carbocycles. The Kier molecular flexibility index (Phi) is 13.2. The van der Waals surface area contributed by atoms with Gasteiger partial charge < -0.3 is 31.0 Å². The lowest BCUT2D eigenvalue weighted by Crippen LogP contribution is -2.49. The summed E-state index contributed by atoms with van der Waals surface area (Å²) in [6.07, 6.45) is 9.07. The van der Waals surface area contributed by atoms with Crippen molar-refractivity contribution in [1.82, 2.24) is 10.1 Å². The standard InChI is InChI=1S/C27H26ClN3O2.C21H22BrN3O2.C6H6BClO2/c1-31-25(29)30-27(33-31)17-26(13-5-9-18-6-2-3-7-21(18)16-26)32-24-12-11-20(15-23(24)27)19-8-4-10-22(28)14-19;1-25-19(23)24-21(27-25)13-20(26-18-9-8-16(22)11-17(18)21)10-4-7-14-5-2-3-6-15(14)12-20;8-6-3-1-2-5(4-6)7(9)10/h2-4,6-8,10-12,14-15H,5,9,13,16-17H2,1H3,(H2,29,30);2-3,5-6,8-9,11H,4,7,10,12-13H2,1H3,(H2,23,24);1-4,9-10H. The zero-order chi connectivity index (χ0) is 48.8. The minimum atomic E-state index is -1.43. The van der Waals surface area contributed by atoms with Gasteiger partial charge in [-0.1, -0.05) is 118 Å². The quantitative estimate of drug-likeness (QED) is 0.123. The Hall–Kier alpha value is -5.58. The number of benzene rings is 6. The number of ether oxygens (including phenoxy) is 2. The average molecular weight is 1040 g/mol. The van der Waals surface area contributed by atoms with Crippen LogP contribution < -0.4 is 26.4 Å². The summed E-state index contributed by atoms with van der Waals surface area (Å²) in [4.78, 5) is 22.3. The van der Waals surface area contributed by atoms with Crippen LogP contribution in [0.5, 0.6) is 11.5 Å². The Morgan fingerprint density at radius 1 is 0.586 bits per heavy atom. The Labute approximate surface area is 427 Å². The number of fused-ring (bicyclic) bond motifs is 6. The van der Waals surface area contributed by atoms with E-state index in [0.717, 1.165) is 89.6 Å². The second-order valence-corrected chi connectivity index (χ2v) is 20.8. The van der Waals surface area contributed by atoms with Crippen LogP contribution in [0.1, 0.15) is 71.9 Å². The second-order valence-electron chi connectivity index (χ2n) is 19.0. The fourth-order valence-corrected chi connectivity index (χ4v) is 11.6. The van der Waals surface area contributed by atoms with Crippen molar-refractivity contribution in [3.05, 3.63) is 181 Å². The minimum Gasteiger partial charge on any atom is -0.486 e. The normalized spacial score (nSPS) is 24.8. The zero-order valence-corrected chi connectivity index (χ0v) is 42.1. The molecule has 16 heteroatoms. The van der Waals surface area contributed by atoms with Gasteiger partial charge in [0.05, 0.1) is 11.1 Å². The van der Waals surface area contributed by atoms with Crippen LogP contribution in [0.25, 0.3) is 11.1 Å². The fraction of sp³-hybridized carbons (Fsp3) is 0.296. The zero-order valence-electron chi connectivity index (χ0n) is 39.0. The number of aryl methyl sites for hydroxylation is 2. The van der Waals surface area contributed by atoms with Crippen molar-refractivity contribution in [2.75, 3.05) is 14.1 Å². The topological polar surface area (TPSA) is 161 Å². The van der Waals surface area contributed by atoms with E-state index in [1.54, 1.807) is 42.4 Å². The van der Waals surface area contributed by atoms with E-state index in [9.17, 15) is 0 Å². The molecule has 0 fully saturated rings. The lowest BCUT2D eigenvalue weighted by molar-refractivity contribution is -0.205. The van der Waals surface area contributed by atoms with Gasteiger partial charge in [0.15, 0.2) is 0 Å². The minimum absolute atomic E-state index is 0.359. The third-order valence-electron chi connectivity index (χ3n) is 14.1. The van der Waals surface area contributed by atoms with Gasteiger partial charge in [-0.3, -0.25) is 0 Å². The first-order chi connectivity index (χ1) is 33.6. The van der Waals surface area contributed by atoms with Crippen molar-refractivity contribution in [3.63, 3.8) is 0 Å². The molecule has 4 unspecified atom stereocenters. The molecule has 0 amide bonds.